The van der Waals surface area contributed by atoms with Crippen LogP contribution >= 0.6 is 22.9 Å². The van der Waals surface area contributed by atoms with Crippen molar-refractivity contribution in [3.63, 3.8) is 0 Å². The molecule has 10 heteroatoms. The molecule has 1 aromatic heterocycles. The van der Waals surface area contributed by atoms with Gasteiger partial charge in [-0.25, -0.2) is 4.79 Å². The molecule has 0 saturated carbocycles. The lowest BCUT2D eigenvalue weighted by Gasteiger charge is -2.42. The number of nitrogens with zero attached hydrogens (tertiary/aromatic N) is 1. The molecule has 0 unspecified atom stereocenters. The van der Waals surface area contributed by atoms with Crippen LogP contribution in [0.2, 0.25) is 5.02 Å². The van der Waals surface area contributed by atoms with Crippen LogP contribution < -0.4 is 10.6 Å². The van der Waals surface area contributed by atoms with Gasteiger partial charge in [-0.05, 0) is 58.7 Å². The summed E-state index contributed by atoms with van der Waals surface area (Å²) in [6, 6.07) is 3.76. The Morgan fingerprint density at radius 2 is 2.00 bits per heavy atom. The zero-order chi connectivity index (χ0) is 23.1. The van der Waals surface area contributed by atoms with Gasteiger partial charge in [0.25, 0.3) is 11.6 Å². The van der Waals surface area contributed by atoms with Crippen molar-refractivity contribution in [3.8, 4) is 0 Å². The smallest absolute Gasteiger partial charge is 0.341 e. The van der Waals surface area contributed by atoms with Gasteiger partial charge in [0.15, 0.2) is 0 Å². The van der Waals surface area contributed by atoms with Crippen molar-refractivity contribution in [3.05, 3.63) is 54.9 Å². The number of halogens is 1. The summed E-state index contributed by atoms with van der Waals surface area (Å²) in [5, 5.41) is 18.1. The van der Waals surface area contributed by atoms with E-state index in [0.717, 1.165) is 10.4 Å². The van der Waals surface area contributed by atoms with E-state index in [1.807, 2.05) is 27.7 Å². The molecule has 2 N–H and O–H groups in total. The van der Waals surface area contributed by atoms with Crippen molar-refractivity contribution in [2.24, 2.45) is 0 Å². The summed E-state index contributed by atoms with van der Waals surface area (Å²) >= 11 is 7.23. The summed E-state index contributed by atoms with van der Waals surface area (Å²) in [6.45, 7) is 9.98. The van der Waals surface area contributed by atoms with Gasteiger partial charge in [0.2, 0.25) is 0 Å². The van der Waals surface area contributed by atoms with Gasteiger partial charge in [-0.3, -0.25) is 14.9 Å². The van der Waals surface area contributed by atoms with Crippen LogP contribution in [0.3, 0.4) is 0 Å². The number of carbonyl (C=O) groups is 2. The molecule has 1 aliphatic rings. The number of amides is 1. The van der Waals surface area contributed by atoms with Gasteiger partial charge in [-0.15, -0.1) is 11.3 Å². The molecule has 1 aromatic carbocycles. The molecule has 31 heavy (non-hydrogen) atoms. The van der Waals surface area contributed by atoms with E-state index in [0.29, 0.717) is 17.0 Å². The molecule has 166 valence electrons. The van der Waals surface area contributed by atoms with Crippen molar-refractivity contribution in [2.45, 2.75) is 52.1 Å². The number of thiophene rings is 1. The Hall–Kier alpha value is -2.49. The monoisotopic (exact) mass is 465 g/mol. The number of nitro benzene ring substituents is 1. The van der Waals surface area contributed by atoms with Gasteiger partial charge in [0.1, 0.15) is 10.6 Å². The molecule has 0 fully saturated rings. The summed E-state index contributed by atoms with van der Waals surface area (Å²) in [5.74, 6) is -1.26. The third-order valence-corrected chi connectivity index (χ3v) is 6.66. The van der Waals surface area contributed by atoms with Gasteiger partial charge in [-0.1, -0.05) is 11.6 Å². The molecule has 0 atom stereocenters. The third-order valence-electron chi connectivity index (χ3n) is 4.95. The van der Waals surface area contributed by atoms with Crippen LogP contribution in [0.5, 0.6) is 0 Å². The SMILES string of the molecule is CCOC(=O)c1c(NC(=O)c2cc(Cl)ccc2[N+](=O)[O-])sc2c1CC(C)(C)NC2(C)C. The lowest BCUT2D eigenvalue weighted by Crippen LogP contribution is -2.55. The topological polar surface area (TPSA) is 111 Å². The second-order valence-electron chi connectivity index (χ2n) is 8.52. The Balaban J connectivity index is 2.12. The normalized spacial score (nSPS) is 16.3. The van der Waals surface area contributed by atoms with Crippen molar-refractivity contribution in [1.82, 2.24) is 5.32 Å². The fourth-order valence-electron chi connectivity index (χ4n) is 4.05. The minimum atomic E-state index is -0.719. The number of hydrogen-bond donors (Lipinski definition) is 2. The Morgan fingerprint density at radius 3 is 2.61 bits per heavy atom. The minimum Gasteiger partial charge on any atom is -0.462 e. The van der Waals surface area contributed by atoms with E-state index >= 15 is 0 Å². The highest BCUT2D eigenvalue weighted by Crippen LogP contribution is 2.45. The average Bonchev–Trinajstić information content (AvgIpc) is 2.98. The summed E-state index contributed by atoms with van der Waals surface area (Å²) < 4.78 is 5.26. The molecule has 0 radical (unpaired) electrons. The molecule has 1 amide bonds. The maximum Gasteiger partial charge on any atom is 0.341 e. The number of ether oxygens (including phenoxy) is 1. The average molecular weight is 466 g/mol. The van der Waals surface area contributed by atoms with Gasteiger partial charge in [0, 0.05) is 27.0 Å². The van der Waals surface area contributed by atoms with Crippen LogP contribution in [0, 0.1) is 10.1 Å². The van der Waals surface area contributed by atoms with Gasteiger partial charge < -0.3 is 15.4 Å². The maximum absolute atomic E-state index is 13.0. The van der Waals surface area contributed by atoms with Crippen molar-refractivity contribution in [2.75, 3.05) is 11.9 Å². The number of esters is 1. The number of carbonyl (C=O) groups excluding carboxylic acids is 2. The summed E-state index contributed by atoms with van der Waals surface area (Å²) in [4.78, 5) is 37.5. The lowest BCUT2D eigenvalue weighted by atomic mass is 9.81. The van der Waals surface area contributed by atoms with E-state index in [9.17, 15) is 19.7 Å². The molecule has 2 aromatic rings. The van der Waals surface area contributed by atoms with Crippen LogP contribution in [0.25, 0.3) is 0 Å². The van der Waals surface area contributed by atoms with Gasteiger partial charge in [-0.2, -0.15) is 0 Å². The van der Waals surface area contributed by atoms with E-state index in [2.05, 4.69) is 10.6 Å². The molecule has 8 nitrogen and oxygen atoms in total. The molecule has 0 aliphatic carbocycles. The van der Waals surface area contributed by atoms with Crippen molar-refractivity contribution < 1.29 is 19.2 Å². The zero-order valence-corrected chi connectivity index (χ0v) is 19.5. The Morgan fingerprint density at radius 1 is 1.32 bits per heavy atom. The number of rotatable bonds is 5. The van der Waals surface area contributed by atoms with Gasteiger partial charge in [0.05, 0.1) is 17.1 Å². The first-order chi connectivity index (χ1) is 14.4. The predicted molar refractivity (Wildman–Crippen MR) is 120 cm³/mol. The first kappa shape index (κ1) is 23.2. The first-order valence-corrected chi connectivity index (χ1v) is 10.9. The molecule has 1 aliphatic heterocycles. The van der Waals surface area contributed by atoms with Crippen LogP contribution in [0.15, 0.2) is 18.2 Å². The summed E-state index contributed by atoms with van der Waals surface area (Å²) in [5.41, 5.74) is -0.184. The third kappa shape index (κ3) is 4.58. The Labute approximate surface area is 189 Å². The summed E-state index contributed by atoms with van der Waals surface area (Å²) in [7, 11) is 0. The molecule has 0 saturated heterocycles. The fourth-order valence-corrected chi connectivity index (χ4v) is 5.49. The highest BCUT2D eigenvalue weighted by molar-refractivity contribution is 7.17. The fraction of sp³-hybridized carbons (Fsp3) is 0.429. The molecule has 0 spiro atoms. The van der Waals surface area contributed by atoms with Crippen molar-refractivity contribution in [1.29, 1.82) is 0 Å². The zero-order valence-electron chi connectivity index (χ0n) is 17.9. The van der Waals surface area contributed by atoms with E-state index in [-0.39, 0.29) is 28.4 Å². The predicted octanol–water partition coefficient (Wildman–Crippen LogP) is 4.90. The van der Waals surface area contributed by atoms with Crippen LogP contribution in [-0.2, 0) is 16.7 Å². The Bertz CT molecular complexity index is 1080. The number of nitrogens with one attached hydrogen (secondary N) is 2. The maximum atomic E-state index is 13.0. The van der Waals surface area contributed by atoms with Crippen LogP contribution in [0.4, 0.5) is 10.7 Å². The second-order valence-corrected chi connectivity index (χ2v) is 9.97. The number of hydrogen-bond acceptors (Lipinski definition) is 7. The highest BCUT2D eigenvalue weighted by atomic mass is 35.5. The van der Waals surface area contributed by atoms with E-state index in [1.54, 1.807) is 6.92 Å². The molecular weight excluding hydrogens is 442 g/mol. The first-order valence-electron chi connectivity index (χ1n) is 9.74. The number of anilines is 1. The van der Waals surface area contributed by atoms with Gasteiger partial charge >= 0.3 is 5.97 Å². The van der Waals surface area contributed by atoms with Crippen LogP contribution in [0.1, 0.15) is 65.8 Å². The quantitative estimate of drug-likeness (QED) is 0.369. The highest BCUT2D eigenvalue weighted by Gasteiger charge is 2.42. The van der Waals surface area contributed by atoms with E-state index in [4.69, 9.17) is 16.3 Å². The van der Waals surface area contributed by atoms with Crippen molar-refractivity contribution >= 4 is 45.5 Å². The molecular formula is C21H24ClN3O5S. The summed E-state index contributed by atoms with van der Waals surface area (Å²) in [6.07, 6.45) is 0.559. The van der Waals surface area contributed by atoms with E-state index in [1.165, 1.54) is 29.5 Å². The minimum absolute atomic E-state index is 0.182. The lowest BCUT2D eigenvalue weighted by molar-refractivity contribution is -0.385. The Kier molecular flexibility index (Phi) is 6.14. The molecule has 3 rings (SSSR count). The number of fused-ring (bicyclic) bond motifs is 1. The molecule has 2 heterocycles. The number of nitro groups is 1. The van der Waals surface area contributed by atoms with E-state index < -0.39 is 22.3 Å². The number of benzene rings is 1. The largest absolute Gasteiger partial charge is 0.462 e. The molecule has 0 bridgehead atoms. The standard InChI is InChI=1S/C21H24ClN3O5S/c1-6-30-19(27)15-13-10-20(2,3)24-21(4,5)16(13)31-18(15)23-17(26)12-9-11(22)7-8-14(12)25(28)29/h7-9,24H,6,10H2,1-5H3,(H,23,26). The van der Waals surface area contributed by atoms with Crippen LogP contribution in [-0.4, -0.2) is 28.9 Å². The second kappa shape index (κ2) is 8.22.